The van der Waals surface area contributed by atoms with Crippen LogP contribution in [-0.4, -0.2) is 33.8 Å². The predicted octanol–water partition coefficient (Wildman–Crippen LogP) is 0.950. The second-order valence-corrected chi connectivity index (χ2v) is 3.42. The highest BCUT2D eigenvalue weighted by molar-refractivity contribution is 7.80. The molecule has 14 heavy (non-hydrogen) atoms. The molecular formula is C9H14O3S2. The maximum absolute atomic E-state index is 8.72. The quantitative estimate of drug-likeness (QED) is 0.495. The van der Waals surface area contributed by atoms with Crippen LogP contribution in [0.5, 0.6) is 5.75 Å². The van der Waals surface area contributed by atoms with Crippen molar-refractivity contribution in [2.75, 3.05) is 12.4 Å². The van der Waals surface area contributed by atoms with E-state index in [1.807, 2.05) is 0 Å². The number of hydrogen-bond acceptors (Lipinski definition) is 5. The zero-order valence-electron chi connectivity index (χ0n) is 7.54. The summed E-state index contributed by atoms with van der Waals surface area (Å²) in [4.78, 5) is 0.864. The molecule has 0 aliphatic heterocycles. The number of aliphatic hydroxyl groups excluding tert-OH is 2. The topological polar surface area (TPSA) is 60.7 Å². The van der Waals surface area contributed by atoms with Crippen LogP contribution in [0.25, 0.3) is 0 Å². The van der Waals surface area contributed by atoms with Crippen molar-refractivity contribution >= 4 is 25.3 Å². The molecule has 0 aliphatic carbocycles. The van der Waals surface area contributed by atoms with Gasteiger partial charge in [0.15, 0.2) is 0 Å². The molecule has 0 saturated heterocycles. The number of aromatic hydroxyl groups is 1. The second kappa shape index (κ2) is 7.99. The van der Waals surface area contributed by atoms with E-state index in [4.69, 9.17) is 15.3 Å². The van der Waals surface area contributed by atoms with Crippen molar-refractivity contribution in [1.82, 2.24) is 0 Å². The highest BCUT2D eigenvalue weighted by Gasteiger charge is 1.93. The van der Waals surface area contributed by atoms with Gasteiger partial charge in [0, 0.05) is 10.6 Å². The lowest BCUT2D eigenvalue weighted by atomic mass is 10.3. The highest BCUT2D eigenvalue weighted by atomic mass is 32.1. The molecule has 0 saturated carbocycles. The van der Waals surface area contributed by atoms with Gasteiger partial charge in [-0.1, -0.05) is 0 Å². The van der Waals surface area contributed by atoms with Crippen LogP contribution >= 0.6 is 25.3 Å². The molecule has 5 heteroatoms. The van der Waals surface area contributed by atoms with Crippen LogP contribution in [0.1, 0.15) is 0 Å². The van der Waals surface area contributed by atoms with Crippen molar-refractivity contribution < 1.29 is 15.3 Å². The molecule has 0 spiro atoms. The molecule has 0 heterocycles. The minimum absolute atomic E-state index is 0.191. The maximum atomic E-state index is 8.72. The Balaban J connectivity index is 0.000000255. The van der Waals surface area contributed by atoms with Gasteiger partial charge in [0.2, 0.25) is 0 Å². The first-order chi connectivity index (χ1) is 6.60. The van der Waals surface area contributed by atoms with Crippen LogP contribution in [0.15, 0.2) is 29.2 Å². The molecule has 0 fully saturated rings. The van der Waals surface area contributed by atoms with E-state index in [9.17, 15) is 0 Å². The predicted molar refractivity (Wildman–Crippen MR) is 62.3 cm³/mol. The van der Waals surface area contributed by atoms with Crippen LogP contribution < -0.4 is 0 Å². The normalized spacial score (nSPS) is 11.4. The second-order valence-electron chi connectivity index (χ2n) is 2.54. The molecule has 80 valence electrons. The molecule has 1 atom stereocenters. The highest BCUT2D eigenvalue weighted by Crippen LogP contribution is 2.11. The first kappa shape index (κ1) is 13.6. The fourth-order valence-electron chi connectivity index (χ4n) is 0.510. The summed E-state index contributed by atoms with van der Waals surface area (Å²) >= 11 is 7.71. The average molecular weight is 234 g/mol. The molecule has 3 N–H and O–H groups in total. The molecule has 0 amide bonds. The first-order valence-corrected chi connectivity index (χ1v) is 5.06. The van der Waals surface area contributed by atoms with E-state index in [1.54, 1.807) is 24.3 Å². The zero-order valence-corrected chi connectivity index (χ0v) is 9.33. The minimum Gasteiger partial charge on any atom is -0.508 e. The molecule has 1 rings (SSSR count). The van der Waals surface area contributed by atoms with Gasteiger partial charge in [-0.3, -0.25) is 0 Å². The van der Waals surface area contributed by atoms with E-state index in [0.29, 0.717) is 5.75 Å². The third-order valence-corrected chi connectivity index (χ3v) is 1.99. The van der Waals surface area contributed by atoms with E-state index >= 15 is 0 Å². The van der Waals surface area contributed by atoms with Crippen molar-refractivity contribution in [3.8, 4) is 5.75 Å². The molecule has 0 radical (unpaired) electrons. The molecule has 1 aromatic rings. The van der Waals surface area contributed by atoms with Crippen LogP contribution in [0.3, 0.4) is 0 Å². The Morgan fingerprint density at radius 3 is 1.93 bits per heavy atom. The fraction of sp³-hybridized carbons (Fsp3) is 0.333. The van der Waals surface area contributed by atoms with Gasteiger partial charge in [-0.05, 0) is 24.3 Å². The Morgan fingerprint density at radius 1 is 1.21 bits per heavy atom. The van der Waals surface area contributed by atoms with Crippen LogP contribution in [0.2, 0.25) is 0 Å². The monoisotopic (exact) mass is 234 g/mol. The van der Waals surface area contributed by atoms with Gasteiger partial charge in [0.1, 0.15) is 5.75 Å². The molecule has 1 aromatic carbocycles. The van der Waals surface area contributed by atoms with Gasteiger partial charge in [0.25, 0.3) is 0 Å². The number of thiol groups is 2. The van der Waals surface area contributed by atoms with E-state index in [-0.39, 0.29) is 12.4 Å². The van der Waals surface area contributed by atoms with Crippen molar-refractivity contribution in [2.45, 2.75) is 11.0 Å². The molecule has 0 aliphatic rings. The first-order valence-electron chi connectivity index (χ1n) is 3.98. The molecular weight excluding hydrogens is 220 g/mol. The number of phenols is 1. The van der Waals surface area contributed by atoms with Crippen molar-refractivity contribution in [3.63, 3.8) is 0 Å². The summed E-state index contributed by atoms with van der Waals surface area (Å²) < 4.78 is 0. The summed E-state index contributed by atoms with van der Waals surface area (Å²) in [5, 5.41) is 25.1. The number of benzene rings is 1. The number of aliphatic hydroxyl groups is 2. The standard InChI is InChI=1S/C6H6OS.C3H8O2S/c7-5-1-3-6(8)4-2-5;4-1-3(5)2-6/h1-4,7-8H;3-6H,1-2H2. The van der Waals surface area contributed by atoms with E-state index in [2.05, 4.69) is 25.3 Å². The van der Waals surface area contributed by atoms with Crippen LogP contribution in [0, 0.1) is 0 Å². The van der Waals surface area contributed by atoms with Crippen molar-refractivity contribution in [3.05, 3.63) is 24.3 Å². The van der Waals surface area contributed by atoms with Gasteiger partial charge in [-0.25, -0.2) is 0 Å². The summed E-state index contributed by atoms with van der Waals surface area (Å²) in [5.74, 6) is 0.610. The van der Waals surface area contributed by atoms with Crippen LogP contribution in [0.4, 0.5) is 0 Å². The Morgan fingerprint density at radius 2 is 1.71 bits per heavy atom. The van der Waals surface area contributed by atoms with Gasteiger partial charge in [0.05, 0.1) is 12.7 Å². The Kier molecular flexibility index (Phi) is 7.78. The largest absolute Gasteiger partial charge is 0.508 e. The van der Waals surface area contributed by atoms with E-state index < -0.39 is 6.10 Å². The fourth-order valence-corrected chi connectivity index (χ4v) is 0.775. The minimum atomic E-state index is -0.645. The van der Waals surface area contributed by atoms with Crippen molar-refractivity contribution in [1.29, 1.82) is 0 Å². The van der Waals surface area contributed by atoms with Gasteiger partial charge in [-0.2, -0.15) is 12.6 Å². The summed E-state index contributed by atoms with van der Waals surface area (Å²) in [7, 11) is 0. The summed E-state index contributed by atoms with van der Waals surface area (Å²) in [6.45, 7) is -0.191. The lowest BCUT2D eigenvalue weighted by molar-refractivity contribution is 0.114. The number of rotatable bonds is 2. The SMILES string of the molecule is OCC(O)CS.Oc1ccc(S)cc1. The third kappa shape index (κ3) is 7.08. The average Bonchev–Trinajstić information content (AvgIpc) is 2.22. The lowest BCUT2D eigenvalue weighted by Crippen LogP contribution is -2.12. The molecule has 0 aromatic heterocycles. The summed E-state index contributed by atoms with van der Waals surface area (Å²) in [5.41, 5.74) is 0. The molecule has 1 unspecified atom stereocenters. The summed E-state index contributed by atoms with van der Waals surface area (Å²) in [6, 6.07) is 6.67. The Labute approximate surface area is 94.2 Å². The molecule has 3 nitrogen and oxygen atoms in total. The van der Waals surface area contributed by atoms with Gasteiger partial charge < -0.3 is 15.3 Å². The van der Waals surface area contributed by atoms with Crippen molar-refractivity contribution in [2.24, 2.45) is 0 Å². The third-order valence-electron chi connectivity index (χ3n) is 1.27. The van der Waals surface area contributed by atoms with E-state index in [1.165, 1.54) is 0 Å². The number of phenolic OH excluding ortho intramolecular Hbond substituents is 1. The smallest absolute Gasteiger partial charge is 0.115 e. The van der Waals surface area contributed by atoms with E-state index in [0.717, 1.165) is 4.90 Å². The van der Waals surface area contributed by atoms with Crippen LogP contribution in [-0.2, 0) is 0 Å². The summed E-state index contributed by atoms with van der Waals surface area (Å²) in [6.07, 6.45) is -0.645. The number of hydrogen-bond donors (Lipinski definition) is 5. The molecule has 0 bridgehead atoms. The Bertz CT molecular complexity index is 213. The lowest BCUT2D eigenvalue weighted by Gasteiger charge is -1.96. The maximum Gasteiger partial charge on any atom is 0.115 e. The van der Waals surface area contributed by atoms with Gasteiger partial charge in [-0.15, -0.1) is 12.6 Å². The zero-order chi connectivity index (χ0) is 11.0. The Hall–Kier alpha value is -0.360. The van der Waals surface area contributed by atoms with Gasteiger partial charge >= 0.3 is 0 Å².